The maximum Gasteiger partial charge on any atom is 0.246 e. The summed E-state index contributed by atoms with van der Waals surface area (Å²) in [5, 5.41) is 7.41. The molecule has 2 rings (SSSR count). The molecule has 0 bridgehead atoms. The predicted molar refractivity (Wildman–Crippen MR) is 88.0 cm³/mol. The summed E-state index contributed by atoms with van der Waals surface area (Å²) in [7, 11) is 1.85. The molecule has 0 radical (unpaired) electrons. The highest BCUT2D eigenvalue weighted by molar-refractivity contribution is 5.98. The van der Waals surface area contributed by atoms with Crippen molar-refractivity contribution in [3.63, 3.8) is 0 Å². The van der Waals surface area contributed by atoms with Gasteiger partial charge < -0.3 is 15.1 Å². The molecular weight excluding hydrogens is 280 g/mol. The number of amides is 1. The average molecular weight is 306 g/mol. The Kier molecular flexibility index (Phi) is 5.41. The van der Waals surface area contributed by atoms with Crippen LogP contribution in [0.5, 0.6) is 0 Å². The van der Waals surface area contributed by atoms with Crippen molar-refractivity contribution in [1.29, 1.82) is 0 Å². The minimum atomic E-state index is 0.0781. The highest BCUT2D eigenvalue weighted by Crippen LogP contribution is 2.16. The van der Waals surface area contributed by atoms with Gasteiger partial charge in [-0.1, -0.05) is 13.8 Å². The van der Waals surface area contributed by atoms with Crippen LogP contribution < -0.4 is 10.2 Å². The number of aliphatic imine (C=N–C) groups is 1. The van der Waals surface area contributed by atoms with Gasteiger partial charge in [-0.2, -0.15) is 5.10 Å². The zero-order valence-electron chi connectivity index (χ0n) is 13.9. The molecular formula is C15H26N6O. The van der Waals surface area contributed by atoms with Gasteiger partial charge in [0.05, 0.1) is 11.9 Å². The first-order valence-corrected chi connectivity index (χ1v) is 7.83. The van der Waals surface area contributed by atoms with Gasteiger partial charge in [-0.15, -0.1) is 0 Å². The van der Waals surface area contributed by atoms with Crippen LogP contribution >= 0.6 is 0 Å². The van der Waals surface area contributed by atoms with E-state index in [4.69, 9.17) is 0 Å². The molecule has 0 aliphatic carbocycles. The van der Waals surface area contributed by atoms with Gasteiger partial charge in [0.1, 0.15) is 6.54 Å². The number of nitrogens with zero attached hydrogens (tertiary/aromatic N) is 5. The Labute approximate surface area is 132 Å². The maximum absolute atomic E-state index is 12.4. The van der Waals surface area contributed by atoms with Crippen LogP contribution in [0, 0.1) is 5.92 Å². The van der Waals surface area contributed by atoms with Gasteiger partial charge >= 0.3 is 0 Å². The second kappa shape index (κ2) is 7.29. The summed E-state index contributed by atoms with van der Waals surface area (Å²) in [5.41, 5.74) is 0.858. The molecule has 1 aromatic rings. The third-order valence-corrected chi connectivity index (χ3v) is 3.46. The Morgan fingerprint density at radius 2 is 2.23 bits per heavy atom. The third-order valence-electron chi connectivity index (χ3n) is 3.46. The summed E-state index contributed by atoms with van der Waals surface area (Å²) in [4.78, 5) is 20.9. The van der Waals surface area contributed by atoms with Crippen molar-refractivity contribution in [3.8, 4) is 0 Å². The number of hydrogen-bond acceptors (Lipinski definition) is 3. The molecule has 1 aliphatic rings. The van der Waals surface area contributed by atoms with E-state index < -0.39 is 0 Å². The van der Waals surface area contributed by atoms with Crippen molar-refractivity contribution >= 4 is 17.6 Å². The Hall–Kier alpha value is -2.05. The highest BCUT2D eigenvalue weighted by Gasteiger charge is 2.27. The fourth-order valence-electron chi connectivity index (χ4n) is 2.37. The minimum absolute atomic E-state index is 0.0781. The van der Waals surface area contributed by atoms with Gasteiger partial charge in [0.25, 0.3) is 0 Å². The predicted octanol–water partition coefficient (Wildman–Crippen LogP) is 0.690. The SMILES string of the molecule is CCNC(=NCC(C)C)N1CCN(c2cnn(C)c2)C(=O)C1. The van der Waals surface area contributed by atoms with Crippen LogP contribution in [-0.2, 0) is 11.8 Å². The molecule has 1 amide bonds. The standard InChI is InChI=1S/C15H26N6O/c1-5-16-15(17-8-12(2)3)20-6-7-21(14(22)11-20)13-9-18-19(4)10-13/h9-10,12H,5-8,11H2,1-4H3,(H,16,17). The minimum Gasteiger partial charge on any atom is -0.357 e. The lowest BCUT2D eigenvalue weighted by atomic mass is 10.2. The molecule has 1 aliphatic heterocycles. The molecule has 7 heteroatoms. The average Bonchev–Trinajstić information content (AvgIpc) is 2.89. The molecule has 1 aromatic heterocycles. The molecule has 22 heavy (non-hydrogen) atoms. The Morgan fingerprint density at radius 1 is 1.45 bits per heavy atom. The van der Waals surface area contributed by atoms with E-state index in [-0.39, 0.29) is 5.91 Å². The first kappa shape index (κ1) is 16.3. The fraction of sp³-hybridized carbons (Fsp3) is 0.667. The molecule has 2 heterocycles. The van der Waals surface area contributed by atoms with Crippen molar-refractivity contribution in [2.45, 2.75) is 20.8 Å². The van der Waals surface area contributed by atoms with Gasteiger partial charge in [-0.05, 0) is 12.8 Å². The molecule has 0 atom stereocenters. The van der Waals surface area contributed by atoms with Crippen molar-refractivity contribution in [2.75, 3.05) is 37.6 Å². The number of guanidine groups is 1. The summed E-state index contributed by atoms with van der Waals surface area (Å²) in [5.74, 6) is 1.41. The number of aryl methyl sites for hydroxylation is 1. The number of aromatic nitrogens is 2. The maximum atomic E-state index is 12.4. The van der Waals surface area contributed by atoms with E-state index >= 15 is 0 Å². The lowest BCUT2D eigenvalue weighted by Crippen LogP contribution is -2.55. The monoisotopic (exact) mass is 306 g/mol. The van der Waals surface area contributed by atoms with Crippen molar-refractivity contribution in [3.05, 3.63) is 12.4 Å². The van der Waals surface area contributed by atoms with E-state index in [0.29, 0.717) is 19.0 Å². The molecule has 1 saturated heterocycles. The van der Waals surface area contributed by atoms with Crippen LogP contribution in [0.4, 0.5) is 5.69 Å². The number of hydrogen-bond donors (Lipinski definition) is 1. The lowest BCUT2D eigenvalue weighted by molar-refractivity contribution is -0.120. The van der Waals surface area contributed by atoms with Crippen molar-refractivity contribution in [2.24, 2.45) is 18.0 Å². The zero-order chi connectivity index (χ0) is 16.1. The molecule has 0 aromatic carbocycles. The van der Waals surface area contributed by atoms with Gasteiger partial charge in [0.2, 0.25) is 5.91 Å². The van der Waals surface area contributed by atoms with Crippen LogP contribution in [0.1, 0.15) is 20.8 Å². The largest absolute Gasteiger partial charge is 0.357 e. The van der Waals surface area contributed by atoms with Crippen LogP contribution in [0.3, 0.4) is 0 Å². The van der Waals surface area contributed by atoms with Crippen molar-refractivity contribution in [1.82, 2.24) is 20.0 Å². The van der Waals surface area contributed by atoms with E-state index in [1.807, 2.05) is 25.1 Å². The number of nitrogens with one attached hydrogen (secondary N) is 1. The van der Waals surface area contributed by atoms with Gasteiger partial charge in [0.15, 0.2) is 5.96 Å². The first-order valence-electron chi connectivity index (χ1n) is 7.83. The summed E-state index contributed by atoms with van der Waals surface area (Å²) in [6, 6.07) is 0. The van der Waals surface area contributed by atoms with Crippen LogP contribution in [0.15, 0.2) is 17.4 Å². The summed E-state index contributed by atoms with van der Waals surface area (Å²) in [6.45, 7) is 9.64. The van der Waals surface area contributed by atoms with E-state index in [9.17, 15) is 4.79 Å². The summed E-state index contributed by atoms with van der Waals surface area (Å²) < 4.78 is 1.71. The zero-order valence-corrected chi connectivity index (χ0v) is 13.9. The molecule has 0 spiro atoms. The molecule has 0 saturated carbocycles. The lowest BCUT2D eigenvalue weighted by Gasteiger charge is -2.35. The van der Waals surface area contributed by atoms with Gasteiger partial charge in [-0.25, -0.2) is 0 Å². The fourth-order valence-corrected chi connectivity index (χ4v) is 2.37. The molecule has 0 unspecified atom stereocenters. The summed E-state index contributed by atoms with van der Waals surface area (Å²) in [6.07, 6.45) is 3.59. The van der Waals surface area contributed by atoms with E-state index in [1.54, 1.807) is 15.8 Å². The van der Waals surface area contributed by atoms with Gasteiger partial charge in [0, 0.05) is 39.4 Å². The smallest absolute Gasteiger partial charge is 0.246 e. The second-order valence-electron chi connectivity index (χ2n) is 5.93. The molecule has 1 fully saturated rings. The quantitative estimate of drug-likeness (QED) is 0.656. The number of carbonyl (C=O) groups is 1. The Morgan fingerprint density at radius 3 is 2.77 bits per heavy atom. The molecule has 1 N–H and O–H groups in total. The van der Waals surface area contributed by atoms with Crippen molar-refractivity contribution < 1.29 is 4.79 Å². The number of rotatable bonds is 4. The number of carbonyl (C=O) groups excluding carboxylic acids is 1. The second-order valence-corrected chi connectivity index (χ2v) is 5.93. The van der Waals surface area contributed by atoms with Gasteiger partial charge in [-0.3, -0.25) is 14.5 Å². The molecule has 122 valence electrons. The van der Waals surface area contributed by atoms with Crippen LogP contribution in [-0.4, -0.2) is 59.3 Å². The van der Waals surface area contributed by atoms with E-state index in [2.05, 4.69) is 29.3 Å². The van der Waals surface area contributed by atoms with Crippen LogP contribution in [0.25, 0.3) is 0 Å². The topological polar surface area (TPSA) is 65.8 Å². The van der Waals surface area contributed by atoms with E-state index in [0.717, 1.165) is 31.3 Å². The highest BCUT2D eigenvalue weighted by atomic mass is 16.2. The number of piperazine rings is 1. The third kappa shape index (κ3) is 3.99. The first-order chi connectivity index (χ1) is 10.5. The van der Waals surface area contributed by atoms with Crippen LogP contribution in [0.2, 0.25) is 0 Å². The van der Waals surface area contributed by atoms with E-state index in [1.165, 1.54) is 0 Å². The summed E-state index contributed by atoms with van der Waals surface area (Å²) >= 11 is 0. The normalized spacial score (nSPS) is 16.6. The number of anilines is 1. The Bertz CT molecular complexity index is 536. The molecule has 7 nitrogen and oxygen atoms in total. The Balaban J connectivity index is 2.04.